The van der Waals surface area contributed by atoms with Crippen molar-refractivity contribution in [2.75, 3.05) is 6.54 Å². The first-order chi connectivity index (χ1) is 16.2. The van der Waals surface area contributed by atoms with E-state index in [4.69, 9.17) is 0 Å². The quantitative estimate of drug-likeness (QED) is 0.257. The maximum absolute atomic E-state index is 13.3. The van der Waals surface area contributed by atoms with Crippen LogP contribution in [0.15, 0.2) is 29.8 Å². The molecule has 3 amide bonds. The maximum atomic E-state index is 13.3. The summed E-state index contributed by atoms with van der Waals surface area (Å²) < 4.78 is -0.297. The highest BCUT2D eigenvalue weighted by Gasteiger charge is 2.44. The number of nitrogens with one attached hydrogen (secondary N) is 2. The zero-order valence-corrected chi connectivity index (χ0v) is 22.1. The number of aromatic nitrogens is 1. The molecule has 2 fully saturated rings. The van der Waals surface area contributed by atoms with Crippen LogP contribution in [0.4, 0.5) is 4.79 Å². The van der Waals surface area contributed by atoms with E-state index >= 15 is 0 Å². The van der Waals surface area contributed by atoms with Crippen LogP contribution in [0.2, 0.25) is 0 Å². The number of halogens is 1. The molecule has 8 nitrogen and oxygen atoms in total. The number of carbonyl (C=O) groups is 3. The van der Waals surface area contributed by atoms with Gasteiger partial charge in [0.05, 0.1) is 28.2 Å². The number of aryl methyl sites for hydroxylation is 1. The van der Waals surface area contributed by atoms with Gasteiger partial charge in [-0.25, -0.2) is 4.98 Å². The number of likely N-dealkylation sites (tertiary alicyclic amines) is 1. The van der Waals surface area contributed by atoms with E-state index < -0.39 is 18.2 Å². The van der Waals surface area contributed by atoms with Crippen molar-refractivity contribution < 1.29 is 19.5 Å². The summed E-state index contributed by atoms with van der Waals surface area (Å²) in [7, 11) is 0. The monoisotopic (exact) mass is 596 g/mol. The van der Waals surface area contributed by atoms with Crippen molar-refractivity contribution in [3.63, 3.8) is 0 Å². The molecule has 1 saturated carbocycles. The second-order valence-electron chi connectivity index (χ2n) is 9.10. The number of carbonyl (C=O) groups excluding carboxylic acids is 3. The normalized spacial score (nSPS) is 22.1. The van der Waals surface area contributed by atoms with Crippen LogP contribution >= 0.6 is 33.9 Å². The smallest absolute Gasteiger partial charge is 0.281 e. The summed E-state index contributed by atoms with van der Waals surface area (Å²) in [5.74, 6) is -0.511. The van der Waals surface area contributed by atoms with Crippen LogP contribution in [0.25, 0.3) is 10.4 Å². The van der Waals surface area contributed by atoms with E-state index in [0.29, 0.717) is 0 Å². The number of thiazole rings is 1. The van der Waals surface area contributed by atoms with Crippen molar-refractivity contribution in [2.24, 2.45) is 5.92 Å². The van der Waals surface area contributed by atoms with E-state index in [0.717, 1.165) is 41.0 Å². The molecule has 182 valence electrons. The fourth-order valence-corrected chi connectivity index (χ4v) is 5.80. The average Bonchev–Trinajstić information content (AvgIpc) is 3.36. The fourth-order valence-electron chi connectivity index (χ4n) is 4.66. The largest absolute Gasteiger partial charge is 0.391 e. The van der Waals surface area contributed by atoms with Gasteiger partial charge in [0.15, 0.2) is 0 Å². The molecule has 1 aromatic carbocycles. The summed E-state index contributed by atoms with van der Waals surface area (Å²) >= 11 is 3.22. The molecule has 0 spiro atoms. The van der Waals surface area contributed by atoms with Crippen molar-refractivity contribution >= 4 is 49.7 Å². The molecule has 0 radical (unpaired) electrons. The fraction of sp³-hybridized carbons (Fsp3) is 0.500. The molecule has 1 aliphatic heterocycles. The molecule has 3 N–H and O–H groups in total. The van der Waals surface area contributed by atoms with E-state index in [1.54, 1.807) is 33.9 Å². The van der Waals surface area contributed by atoms with Crippen LogP contribution in [0, 0.1) is 12.8 Å². The lowest BCUT2D eigenvalue weighted by Crippen LogP contribution is -2.56. The third-order valence-electron chi connectivity index (χ3n) is 6.80. The second-order valence-corrected chi connectivity index (χ2v) is 10.9. The number of hydrogen-bond acceptors (Lipinski definition) is 6. The highest BCUT2D eigenvalue weighted by Crippen LogP contribution is 2.32. The molecule has 10 heteroatoms. The molecule has 34 heavy (non-hydrogen) atoms. The first kappa shape index (κ1) is 25.1. The van der Waals surface area contributed by atoms with Gasteiger partial charge in [-0.15, -0.1) is 11.3 Å². The van der Waals surface area contributed by atoms with Gasteiger partial charge < -0.3 is 20.6 Å². The maximum Gasteiger partial charge on any atom is 0.281 e. The lowest BCUT2D eigenvalue weighted by Gasteiger charge is -2.36. The average molecular weight is 596 g/mol. The Bertz CT molecular complexity index is 1060. The van der Waals surface area contributed by atoms with Gasteiger partial charge in [-0.05, 0) is 43.7 Å². The third kappa shape index (κ3) is 5.44. The molecule has 4 rings (SSSR count). The number of nitrogens with zero attached hydrogens (tertiary/aromatic N) is 2. The van der Waals surface area contributed by atoms with Crippen LogP contribution < -0.4 is 10.6 Å². The number of aliphatic hydroxyl groups is 1. The van der Waals surface area contributed by atoms with E-state index in [1.165, 1.54) is 4.90 Å². The van der Waals surface area contributed by atoms with Crippen LogP contribution in [0.3, 0.4) is 0 Å². The van der Waals surface area contributed by atoms with Crippen molar-refractivity contribution in [2.45, 2.75) is 63.8 Å². The van der Waals surface area contributed by atoms with Crippen LogP contribution in [-0.2, 0) is 9.59 Å². The highest BCUT2D eigenvalue weighted by molar-refractivity contribution is 14.1. The van der Waals surface area contributed by atoms with Gasteiger partial charge in [-0.2, -0.15) is 0 Å². The SMILES string of the molecule is Cc1ncsc1-c1ccc(C(C)NC(=O)C2CC(O)CN2C(=O)C(NC(=O)I)C2CCC2)cc1. The van der Waals surface area contributed by atoms with Gasteiger partial charge in [0, 0.05) is 35.6 Å². The number of β-amino-alcohol motifs (C(OH)–C–C–N with tert-alkyl or cyclic N) is 1. The van der Waals surface area contributed by atoms with E-state index in [2.05, 4.69) is 15.6 Å². The number of benzene rings is 1. The summed E-state index contributed by atoms with van der Waals surface area (Å²) in [6, 6.07) is 6.31. The number of amides is 3. The van der Waals surface area contributed by atoms with Gasteiger partial charge in [0.25, 0.3) is 3.91 Å². The Morgan fingerprint density at radius 1 is 1.21 bits per heavy atom. The first-order valence-corrected chi connectivity index (χ1v) is 13.5. The summed E-state index contributed by atoms with van der Waals surface area (Å²) in [5.41, 5.74) is 4.84. The molecule has 1 aromatic heterocycles. The van der Waals surface area contributed by atoms with Gasteiger partial charge in [0.2, 0.25) is 11.8 Å². The van der Waals surface area contributed by atoms with Crippen molar-refractivity contribution in [3.8, 4) is 10.4 Å². The van der Waals surface area contributed by atoms with Crippen molar-refractivity contribution in [1.29, 1.82) is 0 Å². The summed E-state index contributed by atoms with van der Waals surface area (Å²) in [4.78, 5) is 45.0. The van der Waals surface area contributed by atoms with Crippen LogP contribution in [0.5, 0.6) is 0 Å². The van der Waals surface area contributed by atoms with Crippen LogP contribution in [-0.4, -0.2) is 55.5 Å². The zero-order valence-electron chi connectivity index (χ0n) is 19.2. The minimum atomic E-state index is -0.769. The predicted molar refractivity (Wildman–Crippen MR) is 139 cm³/mol. The lowest BCUT2D eigenvalue weighted by molar-refractivity contribution is -0.141. The zero-order chi connectivity index (χ0) is 24.4. The van der Waals surface area contributed by atoms with Gasteiger partial charge in [-0.3, -0.25) is 14.4 Å². The molecule has 2 aromatic rings. The summed E-state index contributed by atoms with van der Waals surface area (Å²) in [5, 5.41) is 16.0. The number of hydrogen-bond donors (Lipinski definition) is 3. The molecule has 4 unspecified atom stereocenters. The number of aliphatic hydroxyl groups excluding tert-OH is 1. The Balaban J connectivity index is 1.44. The van der Waals surface area contributed by atoms with Gasteiger partial charge in [0.1, 0.15) is 12.1 Å². The Kier molecular flexibility index (Phi) is 7.88. The van der Waals surface area contributed by atoms with Crippen molar-refractivity contribution in [3.05, 3.63) is 41.0 Å². The molecular weight excluding hydrogens is 567 g/mol. The minimum absolute atomic E-state index is 0.0762. The van der Waals surface area contributed by atoms with E-state index in [1.807, 2.05) is 43.6 Å². The Labute approximate surface area is 216 Å². The molecule has 4 atom stereocenters. The first-order valence-electron chi connectivity index (χ1n) is 11.5. The Morgan fingerprint density at radius 3 is 2.47 bits per heavy atom. The third-order valence-corrected chi connectivity index (χ3v) is 8.09. The van der Waals surface area contributed by atoms with Gasteiger partial charge >= 0.3 is 0 Å². The highest BCUT2D eigenvalue weighted by atomic mass is 127. The second kappa shape index (κ2) is 10.7. The Morgan fingerprint density at radius 2 is 1.91 bits per heavy atom. The minimum Gasteiger partial charge on any atom is -0.391 e. The summed E-state index contributed by atoms with van der Waals surface area (Å²) in [6.45, 7) is 3.97. The predicted octanol–water partition coefficient (Wildman–Crippen LogP) is 3.57. The number of rotatable bonds is 7. The topological polar surface area (TPSA) is 112 Å². The molecular formula is C24H29IN4O4S. The van der Waals surface area contributed by atoms with Gasteiger partial charge in [-0.1, -0.05) is 30.7 Å². The van der Waals surface area contributed by atoms with Crippen molar-refractivity contribution in [1.82, 2.24) is 20.5 Å². The summed E-state index contributed by atoms with van der Waals surface area (Å²) in [6.07, 6.45) is 2.18. The molecule has 2 heterocycles. The Hall–Kier alpha value is -2.05. The van der Waals surface area contributed by atoms with E-state index in [-0.39, 0.29) is 40.7 Å². The standard InChI is InChI=1S/C24H29IN4O4S/c1-13(15-6-8-17(9-7-15)21-14(2)26-12-34-21)27-22(31)19-10-18(30)11-29(19)23(32)20(28-24(25)33)16-4-3-5-16/h6-9,12-13,16,18-20,30H,3-5,10-11H2,1-2H3,(H,27,31)(H,28,33). The molecule has 2 aliphatic rings. The van der Waals surface area contributed by atoms with Crippen LogP contribution in [0.1, 0.15) is 49.9 Å². The lowest BCUT2D eigenvalue weighted by atomic mass is 9.79. The molecule has 1 saturated heterocycles. The van der Waals surface area contributed by atoms with E-state index in [9.17, 15) is 19.5 Å². The molecule has 1 aliphatic carbocycles. The molecule has 0 bridgehead atoms.